The maximum atomic E-state index is 11.8. The molecule has 0 radical (unpaired) electrons. The molecule has 0 saturated carbocycles. The Kier molecular flexibility index (Phi) is 8.66. The number of rotatable bonds is 13. The van der Waals surface area contributed by atoms with Crippen molar-refractivity contribution in [3.8, 4) is 0 Å². The normalized spacial score (nSPS) is 20.4. The molecule has 132 valence electrons. The van der Waals surface area contributed by atoms with E-state index in [2.05, 4.69) is 17.6 Å². The smallest absolute Gasteiger partial charge is 0.322 e. The van der Waals surface area contributed by atoms with Crippen LogP contribution in [0.25, 0.3) is 0 Å². The van der Waals surface area contributed by atoms with Gasteiger partial charge in [-0.3, -0.25) is 14.9 Å². The van der Waals surface area contributed by atoms with Crippen molar-refractivity contribution in [3.05, 3.63) is 0 Å². The third kappa shape index (κ3) is 6.20. The quantitative estimate of drug-likeness (QED) is 0.276. The number of urea groups is 1. The van der Waals surface area contributed by atoms with E-state index in [1.165, 1.54) is 51.4 Å². The van der Waals surface area contributed by atoms with Gasteiger partial charge in [-0.1, -0.05) is 77.6 Å². The number of hydrogen-bond acceptors (Lipinski definition) is 3. The minimum atomic E-state index is -1.55. The van der Waals surface area contributed by atoms with Gasteiger partial charge in [0.2, 0.25) is 0 Å². The number of primary amides is 1. The third-order valence-electron chi connectivity index (χ3n) is 4.52. The van der Waals surface area contributed by atoms with Gasteiger partial charge in [0, 0.05) is 0 Å². The molecule has 4 N–H and O–H groups in total. The molecule has 0 spiro atoms. The lowest BCUT2D eigenvalue weighted by Gasteiger charge is -2.21. The predicted molar refractivity (Wildman–Crippen MR) is 89.7 cm³/mol. The molecule has 0 aromatic carbocycles. The first-order valence-electron chi connectivity index (χ1n) is 8.96. The number of nitrogens with two attached hydrogens (primary N) is 1. The van der Waals surface area contributed by atoms with Crippen LogP contribution >= 0.6 is 0 Å². The lowest BCUT2D eigenvalue weighted by atomic mass is 9.91. The molecule has 1 aliphatic rings. The van der Waals surface area contributed by atoms with Crippen LogP contribution in [0.3, 0.4) is 0 Å². The summed E-state index contributed by atoms with van der Waals surface area (Å²) in [6, 6.07) is -0.642. The van der Waals surface area contributed by atoms with E-state index in [-0.39, 0.29) is 6.42 Å². The highest BCUT2D eigenvalue weighted by Crippen LogP contribution is 2.20. The molecule has 0 aliphatic carbocycles. The molecule has 0 aromatic rings. The van der Waals surface area contributed by atoms with Gasteiger partial charge in [0.05, 0.1) is 0 Å². The van der Waals surface area contributed by atoms with Crippen LogP contribution in [0.2, 0.25) is 0 Å². The first kappa shape index (κ1) is 19.5. The van der Waals surface area contributed by atoms with Crippen LogP contribution in [0.5, 0.6) is 0 Å². The molecule has 1 heterocycles. The number of carbonyl (C=O) groups excluding carboxylic acids is 3. The first-order chi connectivity index (χ1) is 11.0. The molecule has 1 saturated heterocycles. The van der Waals surface area contributed by atoms with Crippen LogP contribution in [0.15, 0.2) is 0 Å². The van der Waals surface area contributed by atoms with Crippen LogP contribution < -0.4 is 16.4 Å². The topological polar surface area (TPSA) is 101 Å². The second-order valence-corrected chi connectivity index (χ2v) is 6.46. The van der Waals surface area contributed by atoms with E-state index >= 15 is 0 Å². The molecular weight excluding hydrogens is 294 g/mol. The largest absolute Gasteiger partial charge is 0.367 e. The van der Waals surface area contributed by atoms with E-state index in [9.17, 15) is 14.4 Å². The Labute approximate surface area is 138 Å². The maximum absolute atomic E-state index is 11.8. The van der Waals surface area contributed by atoms with Gasteiger partial charge in [0.25, 0.3) is 11.8 Å². The van der Waals surface area contributed by atoms with Crippen LogP contribution in [0.1, 0.15) is 84.0 Å². The molecule has 1 atom stereocenters. The number of imide groups is 1. The number of hydrogen-bond donors (Lipinski definition) is 3. The Balaban J connectivity index is 2.09. The van der Waals surface area contributed by atoms with Crippen molar-refractivity contribution in [2.24, 2.45) is 5.73 Å². The molecule has 0 bridgehead atoms. The fraction of sp³-hybridized carbons (Fsp3) is 0.824. The van der Waals surface area contributed by atoms with Gasteiger partial charge in [0.15, 0.2) is 5.54 Å². The average molecular weight is 325 g/mol. The number of nitrogens with one attached hydrogen (secondary N) is 2. The van der Waals surface area contributed by atoms with E-state index in [1.54, 1.807) is 0 Å². The van der Waals surface area contributed by atoms with E-state index in [0.717, 1.165) is 12.8 Å². The average Bonchev–Trinajstić information content (AvgIpc) is 2.80. The summed E-state index contributed by atoms with van der Waals surface area (Å²) >= 11 is 0. The fourth-order valence-electron chi connectivity index (χ4n) is 3.02. The van der Waals surface area contributed by atoms with Gasteiger partial charge in [0.1, 0.15) is 0 Å². The summed E-state index contributed by atoms with van der Waals surface area (Å²) in [5.74, 6) is -1.41. The van der Waals surface area contributed by atoms with Gasteiger partial charge < -0.3 is 11.1 Å². The molecule has 1 fully saturated rings. The monoisotopic (exact) mass is 325 g/mol. The van der Waals surface area contributed by atoms with E-state index in [0.29, 0.717) is 6.42 Å². The predicted octanol–water partition coefficient (Wildman–Crippen LogP) is 2.75. The lowest BCUT2D eigenvalue weighted by molar-refractivity contribution is -0.134. The molecule has 6 heteroatoms. The molecular formula is C17H31N3O3. The minimum Gasteiger partial charge on any atom is -0.367 e. The molecule has 1 aliphatic heterocycles. The summed E-state index contributed by atoms with van der Waals surface area (Å²) < 4.78 is 0. The van der Waals surface area contributed by atoms with Crippen LogP contribution in [-0.4, -0.2) is 23.4 Å². The Morgan fingerprint density at radius 3 is 1.78 bits per heavy atom. The third-order valence-corrected chi connectivity index (χ3v) is 4.52. The zero-order valence-electron chi connectivity index (χ0n) is 14.3. The number of unbranched alkanes of at least 4 members (excludes halogenated alkanes) is 10. The van der Waals surface area contributed by atoms with Crippen LogP contribution in [0.4, 0.5) is 4.79 Å². The second kappa shape index (κ2) is 10.2. The van der Waals surface area contributed by atoms with Crippen LogP contribution in [0, 0.1) is 0 Å². The zero-order valence-corrected chi connectivity index (χ0v) is 14.3. The highest BCUT2D eigenvalue weighted by Gasteiger charge is 2.50. The lowest BCUT2D eigenvalue weighted by Crippen LogP contribution is -2.57. The summed E-state index contributed by atoms with van der Waals surface area (Å²) in [4.78, 5) is 34.5. The number of carbonyl (C=O) groups is 3. The van der Waals surface area contributed by atoms with Crippen molar-refractivity contribution in [1.29, 1.82) is 0 Å². The Morgan fingerprint density at radius 2 is 1.39 bits per heavy atom. The summed E-state index contributed by atoms with van der Waals surface area (Å²) in [6.45, 7) is 2.23. The van der Waals surface area contributed by atoms with Crippen molar-refractivity contribution in [2.75, 3.05) is 0 Å². The highest BCUT2D eigenvalue weighted by atomic mass is 16.2. The Morgan fingerprint density at radius 1 is 0.913 bits per heavy atom. The summed E-state index contributed by atoms with van der Waals surface area (Å²) in [5, 5.41) is 4.47. The van der Waals surface area contributed by atoms with Gasteiger partial charge in [-0.25, -0.2) is 4.79 Å². The zero-order chi connectivity index (χ0) is 17.1. The molecule has 6 nitrogen and oxygen atoms in total. The van der Waals surface area contributed by atoms with Crippen LogP contribution in [-0.2, 0) is 9.59 Å². The van der Waals surface area contributed by atoms with Gasteiger partial charge in [-0.15, -0.1) is 0 Å². The van der Waals surface area contributed by atoms with E-state index < -0.39 is 23.4 Å². The van der Waals surface area contributed by atoms with Gasteiger partial charge >= 0.3 is 6.03 Å². The van der Waals surface area contributed by atoms with Crippen molar-refractivity contribution < 1.29 is 14.4 Å². The van der Waals surface area contributed by atoms with Gasteiger partial charge in [-0.2, -0.15) is 0 Å². The second-order valence-electron chi connectivity index (χ2n) is 6.46. The van der Waals surface area contributed by atoms with Gasteiger partial charge in [-0.05, 0) is 6.42 Å². The highest BCUT2D eigenvalue weighted by molar-refractivity contribution is 6.19. The van der Waals surface area contributed by atoms with E-state index in [1.807, 2.05) is 0 Å². The SMILES string of the molecule is CCCCCCCCCCCCCC1(C(N)=O)NC(=O)NC1=O. The number of amides is 4. The summed E-state index contributed by atoms with van der Waals surface area (Å²) in [6.07, 6.45) is 13.3. The molecule has 1 unspecified atom stereocenters. The van der Waals surface area contributed by atoms with Crippen molar-refractivity contribution in [2.45, 2.75) is 89.5 Å². The summed E-state index contributed by atoms with van der Waals surface area (Å²) in [7, 11) is 0. The molecule has 23 heavy (non-hydrogen) atoms. The Bertz CT molecular complexity index is 412. The summed E-state index contributed by atoms with van der Waals surface area (Å²) in [5.41, 5.74) is 3.76. The maximum Gasteiger partial charge on any atom is 0.322 e. The first-order valence-corrected chi connectivity index (χ1v) is 8.96. The molecule has 1 rings (SSSR count). The minimum absolute atomic E-state index is 0.275. The standard InChI is InChI=1S/C17H31N3O3/c1-2-3-4-5-6-7-8-9-10-11-12-13-17(14(18)21)15(22)19-16(23)20-17/h2-13H2,1H3,(H2,18,21)(H2,19,20,22,23). The fourth-order valence-corrected chi connectivity index (χ4v) is 3.02. The Hall–Kier alpha value is -1.59. The van der Waals surface area contributed by atoms with Crippen molar-refractivity contribution >= 4 is 17.8 Å². The van der Waals surface area contributed by atoms with Crippen molar-refractivity contribution in [3.63, 3.8) is 0 Å². The van der Waals surface area contributed by atoms with Crippen molar-refractivity contribution in [1.82, 2.24) is 10.6 Å². The molecule has 0 aromatic heterocycles. The molecule has 4 amide bonds. The van der Waals surface area contributed by atoms with E-state index in [4.69, 9.17) is 5.73 Å².